The number of aromatic nitrogens is 2. The average molecular weight is 325 g/mol. The van der Waals surface area contributed by atoms with Gasteiger partial charge in [0.2, 0.25) is 5.88 Å². The van der Waals surface area contributed by atoms with Crippen LogP contribution in [0, 0.1) is 6.92 Å². The fourth-order valence-electron chi connectivity index (χ4n) is 2.24. The van der Waals surface area contributed by atoms with Gasteiger partial charge >= 0.3 is 5.69 Å². The first kappa shape index (κ1) is 15.5. The molecule has 1 aromatic carbocycles. The number of aromatic amines is 1. The molecule has 2 aromatic heterocycles. The van der Waals surface area contributed by atoms with Crippen LogP contribution in [0.15, 0.2) is 61.7 Å². The minimum Gasteiger partial charge on any atom is -0.494 e. The number of aryl methyl sites for hydroxylation is 1. The summed E-state index contributed by atoms with van der Waals surface area (Å²) in [4.78, 5) is 30.2. The third-order valence-electron chi connectivity index (χ3n) is 3.45. The van der Waals surface area contributed by atoms with Crippen molar-refractivity contribution >= 4 is 11.9 Å². The second kappa shape index (κ2) is 6.41. The van der Waals surface area contributed by atoms with Crippen molar-refractivity contribution in [3.05, 3.63) is 80.4 Å². The summed E-state index contributed by atoms with van der Waals surface area (Å²) in [6.45, 7) is 1.92. The molecule has 0 saturated heterocycles. The molecule has 0 fully saturated rings. The fraction of sp³-hybridized carbons (Fsp3) is 0.118. The van der Waals surface area contributed by atoms with Gasteiger partial charge in [0, 0.05) is 6.21 Å². The molecule has 0 amide bonds. The molecule has 24 heavy (non-hydrogen) atoms. The van der Waals surface area contributed by atoms with E-state index in [9.17, 15) is 14.7 Å². The first-order chi connectivity index (χ1) is 11.5. The molecule has 122 valence electrons. The minimum absolute atomic E-state index is 0.000266. The van der Waals surface area contributed by atoms with Gasteiger partial charge in [0.25, 0.3) is 5.56 Å². The van der Waals surface area contributed by atoms with E-state index >= 15 is 0 Å². The maximum Gasteiger partial charge on any atom is 0.331 e. The highest BCUT2D eigenvalue weighted by atomic mass is 16.3. The van der Waals surface area contributed by atoms with Crippen molar-refractivity contribution in [3.63, 3.8) is 0 Å². The van der Waals surface area contributed by atoms with Crippen LogP contribution < -0.4 is 11.2 Å². The van der Waals surface area contributed by atoms with E-state index in [2.05, 4.69) is 9.98 Å². The van der Waals surface area contributed by atoms with Crippen molar-refractivity contribution in [2.45, 2.75) is 13.5 Å². The average Bonchev–Trinajstić information content (AvgIpc) is 3.04. The summed E-state index contributed by atoms with van der Waals surface area (Å²) in [5.41, 5.74) is 0.136. The van der Waals surface area contributed by atoms with Crippen LogP contribution in [0.25, 0.3) is 0 Å². The predicted octanol–water partition coefficient (Wildman–Crippen LogP) is 1.94. The standard InChI is InChI=1S/C17H15N3O4/c1-11-4-2-5-12(8-11)18-9-14-15(21)19-17(23)20(16(14)22)10-13-6-3-7-24-13/h2-9,22H,10H2,1H3,(H,19,21,23). The summed E-state index contributed by atoms with van der Waals surface area (Å²) in [5.74, 6) is 0.0116. The molecule has 0 bridgehead atoms. The normalized spacial score (nSPS) is 11.2. The summed E-state index contributed by atoms with van der Waals surface area (Å²) in [5, 5.41) is 10.3. The molecule has 2 heterocycles. The maximum absolute atomic E-state index is 12.0. The van der Waals surface area contributed by atoms with E-state index in [1.807, 2.05) is 25.1 Å². The van der Waals surface area contributed by atoms with Gasteiger partial charge < -0.3 is 9.52 Å². The number of rotatable bonds is 4. The summed E-state index contributed by atoms with van der Waals surface area (Å²) in [6, 6.07) is 10.7. The molecular weight excluding hydrogens is 310 g/mol. The summed E-state index contributed by atoms with van der Waals surface area (Å²) in [6.07, 6.45) is 2.70. The highest BCUT2D eigenvalue weighted by Crippen LogP contribution is 2.15. The van der Waals surface area contributed by atoms with Gasteiger partial charge in [-0.25, -0.2) is 4.79 Å². The van der Waals surface area contributed by atoms with Gasteiger partial charge in [-0.3, -0.25) is 19.3 Å². The zero-order valence-electron chi connectivity index (χ0n) is 12.9. The smallest absolute Gasteiger partial charge is 0.331 e. The zero-order chi connectivity index (χ0) is 17.1. The van der Waals surface area contributed by atoms with E-state index in [0.717, 1.165) is 10.1 Å². The van der Waals surface area contributed by atoms with Gasteiger partial charge in [0.05, 0.1) is 18.5 Å². The molecule has 0 spiro atoms. The Balaban J connectivity index is 2.01. The molecule has 7 nitrogen and oxygen atoms in total. The van der Waals surface area contributed by atoms with Crippen LogP contribution in [0.2, 0.25) is 0 Å². The van der Waals surface area contributed by atoms with Crippen LogP contribution in [0.5, 0.6) is 5.88 Å². The third-order valence-corrected chi connectivity index (χ3v) is 3.45. The Morgan fingerprint density at radius 1 is 1.29 bits per heavy atom. The number of nitrogens with one attached hydrogen (secondary N) is 1. The Kier molecular flexibility index (Phi) is 4.15. The number of benzene rings is 1. The summed E-state index contributed by atoms with van der Waals surface area (Å²) >= 11 is 0. The van der Waals surface area contributed by atoms with Gasteiger partial charge in [-0.1, -0.05) is 12.1 Å². The monoisotopic (exact) mass is 325 g/mol. The van der Waals surface area contributed by atoms with E-state index in [1.165, 1.54) is 12.5 Å². The molecule has 0 aliphatic carbocycles. The molecule has 0 aliphatic rings. The first-order valence-electron chi connectivity index (χ1n) is 7.24. The van der Waals surface area contributed by atoms with E-state index in [0.29, 0.717) is 11.4 Å². The van der Waals surface area contributed by atoms with Crippen LogP contribution in [0.1, 0.15) is 16.9 Å². The quantitative estimate of drug-likeness (QED) is 0.716. The van der Waals surface area contributed by atoms with Crippen LogP contribution in [0.4, 0.5) is 5.69 Å². The van der Waals surface area contributed by atoms with Crippen LogP contribution in [-0.2, 0) is 6.54 Å². The topological polar surface area (TPSA) is 101 Å². The van der Waals surface area contributed by atoms with Crippen molar-refractivity contribution in [2.24, 2.45) is 4.99 Å². The molecule has 3 rings (SSSR count). The Labute approximate surface area is 136 Å². The number of H-pyrrole nitrogens is 1. The van der Waals surface area contributed by atoms with Crippen molar-refractivity contribution in [3.8, 4) is 5.88 Å². The molecule has 3 aromatic rings. The first-order valence-corrected chi connectivity index (χ1v) is 7.24. The van der Waals surface area contributed by atoms with E-state index in [1.54, 1.807) is 18.2 Å². The van der Waals surface area contributed by atoms with Crippen LogP contribution in [-0.4, -0.2) is 20.9 Å². The van der Waals surface area contributed by atoms with Gasteiger partial charge in [0.15, 0.2) is 0 Å². The number of hydrogen-bond acceptors (Lipinski definition) is 5. The van der Waals surface area contributed by atoms with E-state index in [-0.39, 0.29) is 12.1 Å². The lowest BCUT2D eigenvalue weighted by molar-refractivity contribution is 0.392. The third kappa shape index (κ3) is 3.19. The number of aliphatic imine (C=N–C) groups is 1. The zero-order valence-corrected chi connectivity index (χ0v) is 12.9. The second-order valence-electron chi connectivity index (χ2n) is 5.26. The SMILES string of the molecule is Cc1cccc(N=Cc2c(O)n(Cc3ccco3)c(=O)[nH]c2=O)c1. The number of furan rings is 1. The fourth-order valence-corrected chi connectivity index (χ4v) is 2.24. The van der Waals surface area contributed by atoms with Crippen molar-refractivity contribution < 1.29 is 9.52 Å². The van der Waals surface area contributed by atoms with Crippen molar-refractivity contribution in [1.82, 2.24) is 9.55 Å². The maximum atomic E-state index is 12.0. The molecule has 0 unspecified atom stereocenters. The highest BCUT2D eigenvalue weighted by molar-refractivity contribution is 5.84. The Morgan fingerprint density at radius 3 is 2.83 bits per heavy atom. The van der Waals surface area contributed by atoms with Crippen molar-refractivity contribution in [1.29, 1.82) is 0 Å². The number of hydrogen-bond donors (Lipinski definition) is 2. The molecule has 2 N–H and O–H groups in total. The summed E-state index contributed by atoms with van der Waals surface area (Å²) in [7, 11) is 0. The molecule has 0 radical (unpaired) electrons. The highest BCUT2D eigenvalue weighted by Gasteiger charge is 2.13. The molecular formula is C17H15N3O4. The predicted molar refractivity (Wildman–Crippen MR) is 89.2 cm³/mol. The largest absolute Gasteiger partial charge is 0.494 e. The molecule has 0 aliphatic heterocycles. The Bertz CT molecular complexity index is 997. The van der Waals surface area contributed by atoms with Crippen LogP contribution >= 0.6 is 0 Å². The van der Waals surface area contributed by atoms with Gasteiger partial charge in [-0.05, 0) is 36.8 Å². The second-order valence-corrected chi connectivity index (χ2v) is 5.26. The van der Waals surface area contributed by atoms with Gasteiger partial charge in [-0.2, -0.15) is 0 Å². The van der Waals surface area contributed by atoms with E-state index < -0.39 is 17.1 Å². The molecule has 0 saturated carbocycles. The lowest BCUT2D eigenvalue weighted by atomic mass is 10.2. The van der Waals surface area contributed by atoms with Gasteiger partial charge in [0.1, 0.15) is 11.3 Å². The summed E-state index contributed by atoms with van der Waals surface area (Å²) < 4.78 is 6.18. The number of nitrogens with zero attached hydrogens (tertiary/aromatic N) is 2. The molecule has 7 heteroatoms. The lowest BCUT2D eigenvalue weighted by Crippen LogP contribution is -2.32. The lowest BCUT2D eigenvalue weighted by Gasteiger charge is -2.07. The van der Waals surface area contributed by atoms with Gasteiger partial charge in [-0.15, -0.1) is 0 Å². The molecule has 0 atom stereocenters. The van der Waals surface area contributed by atoms with E-state index in [4.69, 9.17) is 4.42 Å². The Hall–Kier alpha value is -3.35. The van der Waals surface area contributed by atoms with Crippen LogP contribution in [0.3, 0.4) is 0 Å². The Morgan fingerprint density at radius 2 is 2.12 bits per heavy atom. The minimum atomic E-state index is -0.721. The van der Waals surface area contributed by atoms with Crippen molar-refractivity contribution in [2.75, 3.05) is 0 Å². The number of aromatic hydroxyl groups is 1.